The fourth-order valence-corrected chi connectivity index (χ4v) is 4.08. The first kappa shape index (κ1) is 16.1. The van der Waals surface area contributed by atoms with Gasteiger partial charge in [0.05, 0.1) is 5.60 Å². The quantitative estimate of drug-likeness (QED) is 0.544. The molecule has 0 unspecified atom stereocenters. The number of guanidine groups is 1. The SMILES string of the molecule is CN=C(NCC1(O)CCC1)NC1CCN(C2CCCC2)CC1. The first-order valence-corrected chi connectivity index (χ1v) is 9.12. The predicted molar refractivity (Wildman–Crippen MR) is 90.1 cm³/mol. The molecule has 1 saturated heterocycles. The van der Waals surface area contributed by atoms with E-state index in [1.54, 1.807) is 0 Å². The summed E-state index contributed by atoms with van der Waals surface area (Å²) in [6.07, 6.45) is 11.0. The summed E-state index contributed by atoms with van der Waals surface area (Å²) in [5.41, 5.74) is -0.497. The van der Waals surface area contributed by atoms with Crippen molar-refractivity contribution in [2.45, 2.75) is 75.5 Å². The summed E-state index contributed by atoms with van der Waals surface area (Å²) >= 11 is 0. The second-order valence-corrected chi connectivity index (χ2v) is 7.40. The van der Waals surface area contributed by atoms with Crippen LogP contribution in [0.2, 0.25) is 0 Å². The van der Waals surface area contributed by atoms with Crippen LogP contribution in [0.3, 0.4) is 0 Å². The molecule has 3 fully saturated rings. The molecule has 2 saturated carbocycles. The van der Waals surface area contributed by atoms with Crippen LogP contribution >= 0.6 is 0 Å². The molecule has 1 heterocycles. The molecular formula is C17H32N4O. The van der Waals surface area contributed by atoms with Crippen molar-refractivity contribution in [3.8, 4) is 0 Å². The van der Waals surface area contributed by atoms with Gasteiger partial charge >= 0.3 is 0 Å². The largest absolute Gasteiger partial charge is 0.388 e. The smallest absolute Gasteiger partial charge is 0.191 e. The molecule has 0 aromatic rings. The number of nitrogens with one attached hydrogen (secondary N) is 2. The zero-order valence-corrected chi connectivity index (χ0v) is 14.0. The molecule has 0 spiro atoms. The highest BCUT2D eigenvalue weighted by Gasteiger charge is 2.34. The van der Waals surface area contributed by atoms with E-state index < -0.39 is 5.60 Å². The van der Waals surface area contributed by atoms with E-state index in [4.69, 9.17) is 0 Å². The lowest BCUT2D eigenvalue weighted by Crippen LogP contribution is -2.54. The van der Waals surface area contributed by atoms with E-state index in [1.807, 2.05) is 7.05 Å². The molecule has 0 aromatic heterocycles. The highest BCUT2D eigenvalue weighted by molar-refractivity contribution is 5.80. The molecule has 5 nitrogen and oxygen atoms in total. The summed E-state index contributed by atoms with van der Waals surface area (Å²) in [5.74, 6) is 0.847. The Morgan fingerprint density at radius 1 is 1.14 bits per heavy atom. The number of rotatable bonds is 4. The van der Waals surface area contributed by atoms with Crippen LogP contribution in [0.4, 0.5) is 0 Å². The Bertz CT molecular complexity index is 380. The second-order valence-electron chi connectivity index (χ2n) is 7.40. The van der Waals surface area contributed by atoms with Gasteiger partial charge in [0.2, 0.25) is 0 Å². The van der Waals surface area contributed by atoms with Gasteiger partial charge in [0.15, 0.2) is 5.96 Å². The molecular weight excluding hydrogens is 276 g/mol. The van der Waals surface area contributed by atoms with Crippen molar-refractivity contribution in [2.75, 3.05) is 26.7 Å². The molecule has 0 atom stereocenters. The summed E-state index contributed by atoms with van der Waals surface area (Å²) in [6, 6.07) is 1.37. The van der Waals surface area contributed by atoms with Gasteiger partial charge in [-0.15, -0.1) is 0 Å². The van der Waals surface area contributed by atoms with Crippen molar-refractivity contribution in [1.29, 1.82) is 0 Å². The minimum atomic E-state index is -0.497. The summed E-state index contributed by atoms with van der Waals surface area (Å²) in [7, 11) is 1.81. The average molecular weight is 308 g/mol. The Morgan fingerprint density at radius 3 is 2.36 bits per heavy atom. The minimum absolute atomic E-state index is 0.497. The van der Waals surface area contributed by atoms with Crippen LogP contribution in [0.25, 0.3) is 0 Å². The lowest BCUT2D eigenvalue weighted by molar-refractivity contribution is -0.0279. The fourth-order valence-electron chi connectivity index (χ4n) is 4.08. The van der Waals surface area contributed by atoms with Crippen molar-refractivity contribution in [3.63, 3.8) is 0 Å². The number of piperidine rings is 1. The normalized spacial score (nSPS) is 27.6. The molecule has 5 heteroatoms. The maximum atomic E-state index is 10.2. The highest BCUT2D eigenvalue weighted by atomic mass is 16.3. The standard InChI is InChI=1S/C17H32N4O/c1-18-16(19-13-17(22)9-4-10-17)20-14-7-11-21(12-8-14)15-5-2-3-6-15/h14-15,22H,2-13H2,1H3,(H2,18,19,20). The van der Waals surface area contributed by atoms with E-state index in [2.05, 4.69) is 20.5 Å². The number of aliphatic hydroxyl groups is 1. The van der Waals surface area contributed by atoms with Gasteiger partial charge in [0.25, 0.3) is 0 Å². The first-order chi connectivity index (χ1) is 10.7. The lowest BCUT2D eigenvalue weighted by Gasteiger charge is -2.38. The summed E-state index contributed by atoms with van der Waals surface area (Å²) in [5, 5.41) is 17.0. The van der Waals surface area contributed by atoms with Gasteiger partial charge in [-0.25, -0.2) is 0 Å². The van der Waals surface area contributed by atoms with E-state index in [-0.39, 0.29) is 0 Å². The van der Waals surface area contributed by atoms with Gasteiger partial charge in [-0.1, -0.05) is 12.8 Å². The molecule has 3 rings (SSSR count). The zero-order chi connectivity index (χ0) is 15.4. The van der Waals surface area contributed by atoms with E-state index >= 15 is 0 Å². The highest BCUT2D eigenvalue weighted by Crippen LogP contribution is 2.30. The Balaban J connectivity index is 1.39. The van der Waals surface area contributed by atoms with Gasteiger partial charge in [-0.05, 0) is 44.9 Å². The van der Waals surface area contributed by atoms with Crippen molar-refractivity contribution in [2.24, 2.45) is 4.99 Å². The van der Waals surface area contributed by atoms with E-state index in [0.29, 0.717) is 12.6 Å². The van der Waals surface area contributed by atoms with Crippen molar-refractivity contribution in [3.05, 3.63) is 0 Å². The van der Waals surface area contributed by atoms with Gasteiger partial charge in [-0.2, -0.15) is 0 Å². The third-order valence-corrected chi connectivity index (χ3v) is 5.80. The Hall–Kier alpha value is -0.810. The number of likely N-dealkylation sites (tertiary alicyclic amines) is 1. The summed E-state index contributed by atoms with van der Waals surface area (Å²) in [6.45, 7) is 3.04. The summed E-state index contributed by atoms with van der Waals surface area (Å²) in [4.78, 5) is 7.00. The Labute approximate surface area is 134 Å². The number of nitrogens with zero attached hydrogens (tertiary/aromatic N) is 2. The molecule has 126 valence electrons. The predicted octanol–water partition coefficient (Wildman–Crippen LogP) is 1.47. The van der Waals surface area contributed by atoms with E-state index in [0.717, 1.165) is 31.3 Å². The zero-order valence-electron chi connectivity index (χ0n) is 14.0. The number of hydrogen-bond donors (Lipinski definition) is 3. The molecule has 3 N–H and O–H groups in total. The molecule has 22 heavy (non-hydrogen) atoms. The third-order valence-electron chi connectivity index (χ3n) is 5.80. The van der Waals surface area contributed by atoms with Crippen LogP contribution in [0.15, 0.2) is 4.99 Å². The molecule has 0 aromatic carbocycles. The molecule has 2 aliphatic carbocycles. The second kappa shape index (κ2) is 7.18. The fraction of sp³-hybridized carbons (Fsp3) is 0.941. The van der Waals surface area contributed by atoms with Gasteiger partial charge < -0.3 is 20.6 Å². The number of aliphatic imine (C=N–C) groups is 1. The van der Waals surface area contributed by atoms with Crippen LogP contribution in [0.1, 0.15) is 57.8 Å². The average Bonchev–Trinajstić information content (AvgIpc) is 3.04. The van der Waals surface area contributed by atoms with Crippen LogP contribution in [-0.2, 0) is 0 Å². The molecule has 1 aliphatic heterocycles. The van der Waals surface area contributed by atoms with Crippen LogP contribution in [0, 0.1) is 0 Å². The Morgan fingerprint density at radius 2 is 1.82 bits per heavy atom. The van der Waals surface area contributed by atoms with Crippen molar-refractivity contribution < 1.29 is 5.11 Å². The topological polar surface area (TPSA) is 59.9 Å². The van der Waals surface area contributed by atoms with E-state index in [9.17, 15) is 5.11 Å². The van der Waals surface area contributed by atoms with E-state index in [1.165, 1.54) is 51.6 Å². The van der Waals surface area contributed by atoms with Crippen molar-refractivity contribution in [1.82, 2.24) is 15.5 Å². The maximum absolute atomic E-state index is 10.2. The number of hydrogen-bond acceptors (Lipinski definition) is 3. The lowest BCUT2D eigenvalue weighted by atomic mass is 9.80. The van der Waals surface area contributed by atoms with Gasteiger partial charge in [0, 0.05) is 38.8 Å². The molecule has 0 bridgehead atoms. The molecule has 0 radical (unpaired) electrons. The first-order valence-electron chi connectivity index (χ1n) is 9.12. The summed E-state index contributed by atoms with van der Waals surface area (Å²) < 4.78 is 0. The van der Waals surface area contributed by atoms with Crippen molar-refractivity contribution >= 4 is 5.96 Å². The monoisotopic (exact) mass is 308 g/mol. The molecule has 3 aliphatic rings. The van der Waals surface area contributed by atoms with Crippen LogP contribution < -0.4 is 10.6 Å². The van der Waals surface area contributed by atoms with Crippen LogP contribution in [0.5, 0.6) is 0 Å². The maximum Gasteiger partial charge on any atom is 0.191 e. The van der Waals surface area contributed by atoms with Gasteiger partial charge in [0.1, 0.15) is 0 Å². The van der Waals surface area contributed by atoms with Gasteiger partial charge in [-0.3, -0.25) is 4.99 Å². The third kappa shape index (κ3) is 3.93. The van der Waals surface area contributed by atoms with Crippen LogP contribution in [-0.4, -0.2) is 60.3 Å². The minimum Gasteiger partial charge on any atom is -0.388 e. The Kier molecular flexibility index (Phi) is 5.24. The molecule has 0 amide bonds.